The summed E-state index contributed by atoms with van der Waals surface area (Å²) in [6.07, 6.45) is 1.83. The van der Waals surface area contributed by atoms with Crippen LogP contribution in [0.15, 0.2) is 0 Å². The second-order valence-electron chi connectivity index (χ2n) is 6.16. The van der Waals surface area contributed by atoms with Gasteiger partial charge in [0.1, 0.15) is 6.04 Å². The second-order valence-corrected chi connectivity index (χ2v) is 6.16. The van der Waals surface area contributed by atoms with E-state index in [1.165, 1.54) is 0 Å². The first kappa shape index (κ1) is 19.9. The predicted molar refractivity (Wildman–Crippen MR) is 88.4 cm³/mol. The number of carbonyl (C=O) groups excluding carboxylic acids is 1. The maximum absolute atomic E-state index is 11.9. The van der Waals surface area contributed by atoms with Crippen molar-refractivity contribution in [3.63, 3.8) is 0 Å². The van der Waals surface area contributed by atoms with Gasteiger partial charge >= 0.3 is 5.97 Å². The summed E-state index contributed by atoms with van der Waals surface area (Å²) in [5, 5.41) is 14.9. The summed E-state index contributed by atoms with van der Waals surface area (Å²) in [6.45, 7) is 9.41. The lowest BCUT2D eigenvalue weighted by molar-refractivity contribution is -0.139. The Morgan fingerprint density at radius 3 is 2.57 bits per heavy atom. The van der Waals surface area contributed by atoms with Gasteiger partial charge < -0.3 is 20.5 Å². The van der Waals surface area contributed by atoms with Crippen LogP contribution in [0.5, 0.6) is 0 Å². The van der Waals surface area contributed by atoms with Gasteiger partial charge in [0.25, 0.3) is 0 Å². The highest BCUT2D eigenvalue weighted by molar-refractivity contribution is 5.76. The monoisotopic (exact) mass is 329 g/mol. The molecule has 23 heavy (non-hydrogen) atoms. The Labute approximate surface area is 138 Å². The SMILES string of the molecule is CC[C@@H](NCCC(C)CC(=O)NCCN1CCOCC1)C(=O)O. The van der Waals surface area contributed by atoms with E-state index in [-0.39, 0.29) is 11.8 Å². The third-order valence-corrected chi connectivity index (χ3v) is 4.12. The fourth-order valence-corrected chi connectivity index (χ4v) is 2.58. The number of amides is 1. The summed E-state index contributed by atoms with van der Waals surface area (Å²) >= 11 is 0. The Morgan fingerprint density at radius 1 is 1.26 bits per heavy atom. The predicted octanol–water partition coefficient (Wildman–Crippen LogP) is 0.304. The molecule has 0 aromatic heterocycles. The minimum absolute atomic E-state index is 0.0658. The first-order chi connectivity index (χ1) is 11.0. The van der Waals surface area contributed by atoms with E-state index in [2.05, 4.69) is 15.5 Å². The summed E-state index contributed by atoms with van der Waals surface area (Å²) < 4.78 is 5.29. The van der Waals surface area contributed by atoms with Crippen LogP contribution in [0.4, 0.5) is 0 Å². The van der Waals surface area contributed by atoms with Gasteiger partial charge in [-0.2, -0.15) is 0 Å². The average molecular weight is 329 g/mol. The number of carboxylic acid groups (broad SMARTS) is 1. The Balaban J connectivity index is 2.07. The van der Waals surface area contributed by atoms with E-state index in [4.69, 9.17) is 9.84 Å². The lowest BCUT2D eigenvalue weighted by atomic mass is 10.0. The van der Waals surface area contributed by atoms with Gasteiger partial charge in [-0.25, -0.2) is 0 Å². The topological polar surface area (TPSA) is 90.9 Å². The number of rotatable bonds is 11. The fourth-order valence-electron chi connectivity index (χ4n) is 2.58. The van der Waals surface area contributed by atoms with Gasteiger partial charge in [-0.1, -0.05) is 13.8 Å². The molecule has 2 atom stereocenters. The van der Waals surface area contributed by atoms with Crippen molar-refractivity contribution in [2.45, 2.75) is 39.2 Å². The highest BCUT2D eigenvalue weighted by Gasteiger charge is 2.15. The molecule has 0 aromatic rings. The normalized spacial score (nSPS) is 18.3. The summed E-state index contributed by atoms with van der Waals surface area (Å²) in [6, 6.07) is -0.496. The maximum atomic E-state index is 11.9. The van der Waals surface area contributed by atoms with Crippen molar-refractivity contribution in [3.05, 3.63) is 0 Å². The van der Waals surface area contributed by atoms with Gasteiger partial charge in [0.2, 0.25) is 5.91 Å². The fraction of sp³-hybridized carbons (Fsp3) is 0.875. The number of nitrogens with one attached hydrogen (secondary N) is 2. The number of hydrogen-bond acceptors (Lipinski definition) is 5. The van der Waals surface area contributed by atoms with Crippen LogP contribution >= 0.6 is 0 Å². The van der Waals surface area contributed by atoms with Gasteiger partial charge in [-0.15, -0.1) is 0 Å². The molecule has 7 nitrogen and oxygen atoms in total. The van der Waals surface area contributed by atoms with Crippen LogP contribution in [0.25, 0.3) is 0 Å². The van der Waals surface area contributed by atoms with Gasteiger partial charge in [0.05, 0.1) is 13.2 Å². The molecule has 3 N–H and O–H groups in total. The van der Waals surface area contributed by atoms with Crippen molar-refractivity contribution in [3.8, 4) is 0 Å². The van der Waals surface area contributed by atoms with Gasteiger partial charge in [0, 0.05) is 32.6 Å². The molecule has 0 aromatic carbocycles. The van der Waals surface area contributed by atoms with Crippen LogP contribution in [0.3, 0.4) is 0 Å². The summed E-state index contributed by atoms with van der Waals surface area (Å²) in [5.74, 6) is -0.519. The van der Waals surface area contributed by atoms with Crippen LogP contribution in [0.2, 0.25) is 0 Å². The molecule has 1 saturated heterocycles. The van der Waals surface area contributed by atoms with E-state index < -0.39 is 12.0 Å². The summed E-state index contributed by atoms with van der Waals surface area (Å²) in [4.78, 5) is 25.1. The molecule has 0 radical (unpaired) electrons. The molecule has 134 valence electrons. The zero-order valence-electron chi connectivity index (χ0n) is 14.3. The quantitative estimate of drug-likeness (QED) is 0.505. The largest absolute Gasteiger partial charge is 0.480 e. The summed E-state index contributed by atoms with van der Waals surface area (Å²) in [7, 11) is 0. The lowest BCUT2D eigenvalue weighted by Gasteiger charge is -2.26. The molecule has 1 fully saturated rings. The molecular weight excluding hydrogens is 298 g/mol. The molecule has 1 rings (SSSR count). The molecule has 0 aliphatic carbocycles. The minimum atomic E-state index is -0.819. The third kappa shape index (κ3) is 8.88. The lowest BCUT2D eigenvalue weighted by Crippen LogP contribution is -2.41. The Hall–Kier alpha value is -1.18. The highest BCUT2D eigenvalue weighted by Crippen LogP contribution is 2.06. The van der Waals surface area contributed by atoms with E-state index in [1.807, 2.05) is 13.8 Å². The Bertz CT molecular complexity index is 359. The van der Waals surface area contributed by atoms with Crippen molar-refractivity contribution in [2.24, 2.45) is 5.92 Å². The standard InChI is InChI=1S/C16H31N3O4/c1-3-14(16(21)22)17-5-4-13(2)12-15(20)18-6-7-19-8-10-23-11-9-19/h13-14,17H,3-12H2,1-2H3,(H,18,20)(H,21,22)/t13?,14-/m1/s1. The number of nitrogens with zero attached hydrogens (tertiary/aromatic N) is 1. The van der Waals surface area contributed by atoms with Crippen molar-refractivity contribution in [1.29, 1.82) is 0 Å². The zero-order chi connectivity index (χ0) is 17.1. The smallest absolute Gasteiger partial charge is 0.320 e. The van der Waals surface area contributed by atoms with Crippen molar-refractivity contribution in [1.82, 2.24) is 15.5 Å². The maximum Gasteiger partial charge on any atom is 0.320 e. The van der Waals surface area contributed by atoms with Crippen molar-refractivity contribution in [2.75, 3.05) is 45.9 Å². The van der Waals surface area contributed by atoms with Crippen molar-refractivity contribution < 1.29 is 19.4 Å². The van der Waals surface area contributed by atoms with Crippen molar-refractivity contribution >= 4 is 11.9 Å². The summed E-state index contributed by atoms with van der Waals surface area (Å²) in [5.41, 5.74) is 0. The Kier molecular flexibility index (Phi) is 9.82. The number of morpholine rings is 1. The van der Waals surface area contributed by atoms with Crippen LogP contribution in [-0.2, 0) is 14.3 Å². The molecule has 1 aliphatic rings. The number of hydrogen-bond donors (Lipinski definition) is 3. The molecule has 7 heteroatoms. The molecular formula is C16H31N3O4. The molecule has 1 amide bonds. The molecule has 0 spiro atoms. The molecule has 1 unspecified atom stereocenters. The van der Waals surface area contributed by atoms with Gasteiger partial charge in [0.15, 0.2) is 0 Å². The molecule has 1 aliphatic heterocycles. The first-order valence-electron chi connectivity index (χ1n) is 8.56. The van der Waals surface area contributed by atoms with Gasteiger partial charge in [-0.05, 0) is 25.3 Å². The third-order valence-electron chi connectivity index (χ3n) is 4.12. The first-order valence-corrected chi connectivity index (χ1v) is 8.56. The van der Waals surface area contributed by atoms with Crippen LogP contribution in [-0.4, -0.2) is 73.9 Å². The van der Waals surface area contributed by atoms with E-state index in [9.17, 15) is 9.59 Å². The van der Waals surface area contributed by atoms with Crippen LogP contribution in [0.1, 0.15) is 33.1 Å². The number of carbonyl (C=O) groups is 2. The molecule has 1 heterocycles. The highest BCUT2D eigenvalue weighted by atomic mass is 16.5. The van der Waals surface area contributed by atoms with E-state index in [0.29, 0.717) is 25.9 Å². The number of carboxylic acids is 1. The molecule has 0 bridgehead atoms. The van der Waals surface area contributed by atoms with Crippen LogP contribution < -0.4 is 10.6 Å². The number of aliphatic carboxylic acids is 1. The van der Waals surface area contributed by atoms with E-state index in [0.717, 1.165) is 39.3 Å². The number of ether oxygens (including phenoxy) is 1. The van der Waals surface area contributed by atoms with Crippen LogP contribution in [0, 0.1) is 5.92 Å². The average Bonchev–Trinajstić information content (AvgIpc) is 2.52. The Morgan fingerprint density at radius 2 is 1.96 bits per heavy atom. The van der Waals surface area contributed by atoms with E-state index in [1.54, 1.807) is 0 Å². The molecule has 0 saturated carbocycles. The minimum Gasteiger partial charge on any atom is -0.480 e. The second kappa shape index (κ2) is 11.4. The zero-order valence-corrected chi connectivity index (χ0v) is 14.3. The van der Waals surface area contributed by atoms with E-state index >= 15 is 0 Å². The van der Waals surface area contributed by atoms with Gasteiger partial charge in [-0.3, -0.25) is 14.5 Å².